The van der Waals surface area contributed by atoms with Gasteiger partial charge in [-0.25, -0.2) is 15.0 Å². The molecule has 7 nitrogen and oxygen atoms in total. The van der Waals surface area contributed by atoms with Crippen molar-refractivity contribution in [2.45, 2.75) is 26.3 Å². The van der Waals surface area contributed by atoms with Gasteiger partial charge in [-0.1, -0.05) is 12.1 Å². The highest BCUT2D eigenvalue weighted by Crippen LogP contribution is 2.26. The zero-order valence-corrected chi connectivity index (χ0v) is 16.4. The molecular formula is C21H25N7. The van der Waals surface area contributed by atoms with Crippen molar-refractivity contribution in [3.8, 4) is 11.5 Å². The number of nitrogens with two attached hydrogens (primary N) is 1. The van der Waals surface area contributed by atoms with Gasteiger partial charge in [0.05, 0.1) is 12.0 Å². The lowest BCUT2D eigenvalue weighted by Crippen LogP contribution is -2.09. The molecule has 0 aliphatic carbocycles. The van der Waals surface area contributed by atoms with Gasteiger partial charge in [-0.2, -0.15) is 0 Å². The monoisotopic (exact) mass is 375 g/mol. The zero-order valence-electron chi connectivity index (χ0n) is 16.4. The third kappa shape index (κ3) is 3.43. The first kappa shape index (κ1) is 18.0. The van der Waals surface area contributed by atoms with Crippen molar-refractivity contribution < 1.29 is 0 Å². The minimum absolute atomic E-state index is 0.267. The third-order valence-corrected chi connectivity index (χ3v) is 4.84. The van der Waals surface area contributed by atoms with Gasteiger partial charge >= 0.3 is 0 Å². The number of rotatable bonds is 6. The lowest BCUT2D eigenvalue weighted by Gasteiger charge is -2.12. The van der Waals surface area contributed by atoms with Gasteiger partial charge in [0.15, 0.2) is 17.3 Å². The Hall–Kier alpha value is -3.35. The van der Waals surface area contributed by atoms with Crippen molar-refractivity contribution >= 4 is 22.7 Å². The minimum Gasteiger partial charge on any atom is -0.399 e. The maximum atomic E-state index is 5.77. The molecule has 0 unspecified atom stereocenters. The summed E-state index contributed by atoms with van der Waals surface area (Å²) in [5.74, 6) is 1.45. The molecule has 0 aliphatic heterocycles. The van der Waals surface area contributed by atoms with E-state index in [-0.39, 0.29) is 6.04 Å². The summed E-state index contributed by atoms with van der Waals surface area (Å²) in [7, 11) is 2.00. The Labute approximate surface area is 164 Å². The fraction of sp³-hybridized carbons (Fsp3) is 0.286. The van der Waals surface area contributed by atoms with Gasteiger partial charge in [-0.3, -0.25) is 0 Å². The molecule has 0 saturated heterocycles. The predicted molar refractivity (Wildman–Crippen MR) is 113 cm³/mol. The first-order valence-electron chi connectivity index (χ1n) is 9.47. The van der Waals surface area contributed by atoms with Crippen LogP contribution >= 0.6 is 0 Å². The number of aryl methyl sites for hydroxylation is 1. The summed E-state index contributed by atoms with van der Waals surface area (Å²) >= 11 is 0. The molecule has 0 saturated carbocycles. The number of benzene rings is 1. The maximum absolute atomic E-state index is 5.77. The first-order chi connectivity index (χ1) is 13.5. The number of aromatic nitrogens is 5. The van der Waals surface area contributed by atoms with Crippen LogP contribution in [-0.4, -0.2) is 30.6 Å². The number of hydrogen-bond acceptors (Lipinski definition) is 5. The SMILES string of the molecule is CC(C)n1cnc2c(NCCc3ccc(N)cc3)nc(-c3cccn3C)nc21. The number of nitrogen functional groups attached to an aromatic ring is 1. The van der Waals surface area contributed by atoms with Crippen LogP contribution in [0, 0.1) is 0 Å². The van der Waals surface area contributed by atoms with Gasteiger partial charge in [0.2, 0.25) is 0 Å². The van der Waals surface area contributed by atoms with Crippen LogP contribution in [0.5, 0.6) is 0 Å². The highest BCUT2D eigenvalue weighted by Gasteiger charge is 2.16. The Balaban J connectivity index is 1.67. The molecule has 0 aliphatic rings. The van der Waals surface area contributed by atoms with Crippen molar-refractivity contribution in [1.29, 1.82) is 0 Å². The molecule has 0 fully saturated rings. The maximum Gasteiger partial charge on any atom is 0.180 e. The van der Waals surface area contributed by atoms with Crippen molar-refractivity contribution in [1.82, 2.24) is 24.1 Å². The zero-order chi connectivity index (χ0) is 19.7. The van der Waals surface area contributed by atoms with Crippen LogP contribution in [0.3, 0.4) is 0 Å². The standard InChI is InChI=1S/C21H25N7/c1-14(2)28-13-24-18-20(23-11-10-15-6-8-16(22)9-7-15)25-19(26-21(18)28)17-5-4-12-27(17)3/h4-9,12-14H,10-11,22H2,1-3H3,(H,23,25,26). The molecule has 3 N–H and O–H groups in total. The van der Waals surface area contributed by atoms with Crippen LogP contribution in [0.15, 0.2) is 48.9 Å². The van der Waals surface area contributed by atoms with Crippen molar-refractivity contribution in [3.63, 3.8) is 0 Å². The smallest absolute Gasteiger partial charge is 0.180 e. The lowest BCUT2D eigenvalue weighted by molar-refractivity contribution is 0.613. The molecule has 0 bridgehead atoms. The van der Waals surface area contributed by atoms with Gasteiger partial charge in [0, 0.05) is 31.5 Å². The molecule has 1 aromatic carbocycles. The van der Waals surface area contributed by atoms with E-state index in [2.05, 4.69) is 40.8 Å². The van der Waals surface area contributed by atoms with Crippen molar-refractivity contribution in [3.05, 3.63) is 54.5 Å². The third-order valence-electron chi connectivity index (χ3n) is 4.84. The Morgan fingerprint density at radius 2 is 1.89 bits per heavy atom. The number of imidazole rings is 1. The van der Waals surface area contributed by atoms with Crippen LogP contribution in [-0.2, 0) is 13.5 Å². The Morgan fingerprint density at radius 1 is 1.11 bits per heavy atom. The molecule has 0 spiro atoms. The molecule has 0 amide bonds. The second-order valence-electron chi connectivity index (χ2n) is 7.24. The molecule has 0 radical (unpaired) electrons. The van der Waals surface area contributed by atoms with Crippen LogP contribution in [0.2, 0.25) is 0 Å². The summed E-state index contributed by atoms with van der Waals surface area (Å²) < 4.78 is 4.10. The van der Waals surface area contributed by atoms with E-state index in [1.54, 1.807) is 0 Å². The molecule has 28 heavy (non-hydrogen) atoms. The highest BCUT2D eigenvalue weighted by molar-refractivity contribution is 5.85. The summed E-state index contributed by atoms with van der Waals surface area (Å²) in [6.45, 7) is 5.00. The van der Waals surface area contributed by atoms with Gasteiger partial charge in [0.25, 0.3) is 0 Å². The van der Waals surface area contributed by atoms with E-state index in [1.165, 1.54) is 5.56 Å². The molecule has 3 heterocycles. The predicted octanol–water partition coefficient (Wildman–Crippen LogP) is 3.65. The molecule has 4 rings (SSSR count). The molecule has 7 heteroatoms. The summed E-state index contributed by atoms with van der Waals surface area (Å²) in [5.41, 5.74) is 10.4. The van der Waals surface area contributed by atoms with Gasteiger partial charge < -0.3 is 20.2 Å². The normalized spacial score (nSPS) is 11.4. The summed E-state index contributed by atoms with van der Waals surface area (Å²) in [4.78, 5) is 14.2. The molecule has 144 valence electrons. The van der Waals surface area contributed by atoms with Gasteiger partial charge in [-0.05, 0) is 50.1 Å². The molecular weight excluding hydrogens is 350 g/mol. The second-order valence-corrected chi connectivity index (χ2v) is 7.24. The fourth-order valence-electron chi connectivity index (χ4n) is 3.24. The van der Waals surface area contributed by atoms with E-state index < -0.39 is 0 Å². The number of nitrogens with one attached hydrogen (secondary N) is 1. The fourth-order valence-corrected chi connectivity index (χ4v) is 3.24. The number of hydrogen-bond donors (Lipinski definition) is 2. The Bertz CT molecular complexity index is 1090. The average Bonchev–Trinajstić information content (AvgIpc) is 3.29. The largest absolute Gasteiger partial charge is 0.399 e. The van der Waals surface area contributed by atoms with Crippen LogP contribution < -0.4 is 11.1 Å². The molecule has 4 aromatic rings. The lowest BCUT2D eigenvalue weighted by atomic mass is 10.1. The quantitative estimate of drug-likeness (QED) is 0.502. The Kier molecular flexibility index (Phi) is 4.73. The van der Waals surface area contributed by atoms with Crippen molar-refractivity contribution in [2.75, 3.05) is 17.6 Å². The number of anilines is 2. The minimum atomic E-state index is 0.267. The van der Waals surface area contributed by atoms with Crippen LogP contribution in [0.1, 0.15) is 25.5 Å². The Morgan fingerprint density at radius 3 is 2.57 bits per heavy atom. The van der Waals surface area contributed by atoms with Crippen LogP contribution in [0.25, 0.3) is 22.7 Å². The molecule has 3 aromatic heterocycles. The number of fused-ring (bicyclic) bond motifs is 1. The second kappa shape index (κ2) is 7.34. The van der Waals surface area contributed by atoms with E-state index in [4.69, 9.17) is 15.7 Å². The van der Waals surface area contributed by atoms with Crippen molar-refractivity contribution in [2.24, 2.45) is 7.05 Å². The molecule has 0 atom stereocenters. The van der Waals surface area contributed by atoms with E-state index in [0.717, 1.165) is 41.3 Å². The first-order valence-corrected chi connectivity index (χ1v) is 9.47. The highest BCUT2D eigenvalue weighted by atomic mass is 15.2. The topological polar surface area (TPSA) is 86.6 Å². The van der Waals surface area contributed by atoms with E-state index in [1.807, 2.05) is 48.4 Å². The van der Waals surface area contributed by atoms with Gasteiger partial charge in [0.1, 0.15) is 5.52 Å². The summed E-state index contributed by atoms with van der Waals surface area (Å²) in [6, 6.07) is 12.2. The van der Waals surface area contributed by atoms with Crippen LogP contribution in [0.4, 0.5) is 11.5 Å². The van der Waals surface area contributed by atoms with E-state index in [9.17, 15) is 0 Å². The van der Waals surface area contributed by atoms with E-state index >= 15 is 0 Å². The van der Waals surface area contributed by atoms with Gasteiger partial charge in [-0.15, -0.1) is 0 Å². The summed E-state index contributed by atoms with van der Waals surface area (Å²) in [6.07, 6.45) is 4.71. The van der Waals surface area contributed by atoms with E-state index in [0.29, 0.717) is 5.82 Å². The summed E-state index contributed by atoms with van der Waals surface area (Å²) in [5, 5.41) is 3.46. The number of nitrogens with zero attached hydrogens (tertiary/aromatic N) is 5. The average molecular weight is 375 g/mol.